The highest BCUT2D eigenvalue weighted by Gasteiger charge is 2.15. The van der Waals surface area contributed by atoms with Crippen LogP contribution in [0.3, 0.4) is 0 Å². The molecule has 3 rings (SSSR count). The van der Waals surface area contributed by atoms with Crippen LogP contribution in [0.5, 0.6) is 0 Å². The van der Waals surface area contributed by atoms with E-state index in [0.29, 0.717) is 0 Å². The second-order valence-electron chi connectivity index (χ2n) is 5.92. The topological polar surface area (TPSA) is 59.1 Å². The van der Waals surface area contributed by atoms with Crippen LogP contribution < -0.4 is 4.72 Å². The number of nitrogens with one attached hydrogen (secondary N) is 1. The van der Waals surface area contributed by atoms with Crippen molar-refractivity contribution in [1.29, 1.82) is 0 Å². The number of hydrogen-bond acceptors (Lipinski definition) is 3. The summed E-state index contributed by atoms with van der Waals surface area (Å²) in [5, 5.41) is 0. The molecule has 0 atom stereocenters. The van der Waals surface area contributed by atoms with E-state index in [2.05, 4.69) is 9.71 Å². The molecule has 1 N–H and O–H groups in total. The quantitative estimate of drug-likeness (QED) is 0.701. The molecular formula is C21H20N2O2S. The highest BCUT2D eigenvalue weighted by atomic mass is 32.2. The molecule has 0 aliphatic heterocycles. The van der Waals surface area contributed by atoms with Crippen LogP contribution in [-0.4, -0.2) is 13.4 Å². The molecule has 4 nitrogen and oxygen atoms in total. The van der Waals surface area contributed by atoms with E-state index in [9.17, 15) is 8.42 Å². The van der Waals surface area contributed by atoms with Gasteiger partial charge in [0.05, 0.1) is 10.6 Å². The third-order valence-corrected chi connectivity index (χ3v) is 5.26. The molecule has 132 valence electrons. The predicted molar refractivity (Wildman–Crippen MR) is 106 cm³/mol. The van der Waals surface area contributed by atoms with E-state index in [-0.39, 0.29) is 10.7 Å². The van der Waals surface area contributed by atoms with E-state index < -0.39 is 10.0 Å². The van der Waals surface area contributed by atoms with Crippen molar-refractivity contribution in [2.45, 2.75) is 18.7 Å². The Labute approximate surface area is 154 Å². The SMILES string of the molecule is C/C=C/c1ccc(NS(=O)(=O)c2ccccc2)nc1-c1ccc(C)cc1. The minimum absolute atomic E-state index is 0.205. The molecule has 2 aromatic carbocycles. The maximum atomic E-state index is 12.5. The molecular weight excluding hydrogens is 344 g/mol. The first kappa shape index (κ1) is 17.9. The molecule has 0 fully saturated rings. The number of nitrogens with zero attached hydrogens (tertiary/aromatic N) is 1. The van der Waals surface area contributed by atoms with Crippen LogP contribution in [0.15, 0.2) is 77.7 Å². The van der Waals surface area contributed by atoms with Gasteiger partial charge in [-0.25, -0.2) is 13.4 Å². The largest absolute Gasteiger partial charge is 0.263 e. The van der Waals surface area contributed by atoms with E-state index in [1.807, 2.05) is 56.3 Å². The zero-order valence-corrected chi connectivity index (χ0v) is 15.5. The van der Waals surface area contributed by atoms with Crippen LogP contribution >= 0.6 is 0 Å². The van der Waals surface area contributed by atoms with Gasteiger partial charge in [-0.05, 0) is 38.1 Å². The van der Waals surface area contributed by atoms with Crippen molar-refractivity contribution in [2.24, 2.45) is 0 Å². The van der Waals surface area contributed by atoms with Crippen molar-refractivity contribution >= 4 is 21.9 Å². The van der Waals surface area contributed by atoms with Gasteiger partial charge in [-0.15, -0.1) is 0 Å². The lowest BCUT2D eigenvalue weighted by atomic mass is 10.0. The number of pyridine rings is 1. The van der Waals surface area contributed by atoms with Gasteiger partial charge in [-0.1, -0.05) is 60.2 Å². The van der Waals surface area contributed by atoms with Crippen molar-refractivity contribution in [3.05, 3.63) is 83.9 Å². The van der Waals surface area contributed by atoms with Gasteiger partial charge >= 0.3 is 0 Å². The summed E-state index contributed by atoms with van der Waals surface area (Å²) in [7, 11) is -3.67. The average molecular weight is 364 g/mol. The van der Waals surface area contributed by atoms with Crippen molar-refractivity contribution in [3.63, 3.8) is 0 Å². The first-order chi connectivity index (χ1) is 12.5. The molecule has 0 aliphatic carbocycles. The summed E-state index contributed by atoms with van der Waals surface area (Å²) in [4.78, 5) is 4.77. The molecule has 0 bridgehead atoms. The van der Waals surface area contributed by atoms with E-state index in [1.165, 1.54) is 0 Å². The number of aryl methyl sites for hydroxylation is 1. The Morgan fingerprint density at radius 1 is 0.923 bits per heavy atom. The number of hydrogen-bond donors (Lipinski definition) is 1. The van der Waals surface area contributed by atoms with Gasteiger partial charge in [0.15, 0.2) is 0 Å². The Morgan fingerprint density at radius 2 is 1.62 bits per heavy atom. The summed E-state index contributed by atoms with van der Waals surface area (Å²) in [5.74, 6) is 0.290. The Hall–Kier alpha value is -2.92. The third-order valence-electron chi connectivity index (χ3n) is 3.89. The fourth-order valence-electron chi connectivity index (χ4n) is 2.58. The van der Waals surface area contributed by atoms with Gasteiger partial charge in [0.2, 0.25) is 0 Å². The molecule has 1 heterocycles. The smallest absolute Gasteiger partial charge is 0.263 e. The molecule has 26 heavy (non-hydrogen) atoms. The monoisotopic (exact) mass is 364 g/mol. The molecule has 0 amide bonds. The lowest BCUT2D eigenvalue weighted by Crippen LogP contribution is -2.14. The van der Waals surface area contributed by atoms with Gasteiger partial charge < -0.3 is 0 Å². The lowest BCUT2D eigenvalue weighted by Gasteiger charge is -2.11. The lowest BCUT2D eigenvalue weighted by molar-refractivity contribution is 0.601. The van der Waals surface area contributed by atoms with Crippen molar-refractivity contribution < 1.29 is 8.42 Å². The van der Waals surface area contributed by atoms with Gasteiger partial charge in [0.25, 0.3) is 10.0 Å². The van der Waals surface area contributed by atoms with E-state index >= 15 is 0 Å². The summed E-state index contributed by atoms with van der Waals surface area (Å²) >= 11 is 0. The molecule has 0 aliphatic rings. The number of benzene rings is 2. The third kappa shape index (κ3) is 4.00. The molecule has 0 unspecified atom stereocenters. The van der Waals surface area contributed by atoms with Crippen LogP contribution in [0.4, 0.5) is 5.82 Å². The molecule has 0 spiro atoms. The van der Waals surface area contributed by atoms with Gasteiger partial charge in [0.1, 0.15) is 5.82 Å². The minimum atomic E-state index is -3.67. The second kappa shape index (κ2) is 7.54. The second-order valence-corrected chi connectivity index (χ2v) is 7.60. The average Bonchev–Trinajstić information content (AvgIpc) is 2.64. The fourth-order valence-corrected chi connectivity index (χ4v) is 3.60. The van der Waals surface area contributed by atoms with Crippen LogP contribution in [0, 0.1) is 6.92 Å². The molecule has 0 radical (unpaired) electrons. The number of sulfonamides is 1. The van der Waals surface area contributed by atoms with Gasteiger partial charge in [0, 0.05) is 11.1 Å². The first-order valence-corrected chi connectivity index (χ1v) is 9.76. The highest BCUT2D eigenvalue weighted by Crippen LogP contribution is 2.26. The normalized spacial score (nSPS) is 11.6. The molecule has 1 aromatic heterocycles. The van der Waals surface area contributed by atoms with E-state index in [0.717, 1.165) is 22.4 Å². The van der Waals surface area contributed by atoms with Crippen LogP contribution in [0.25, 0.3) is 17.3 Å². The summed E-state index contributed by atoms with van der Waals surface area (Å²) in [6, 6.07) is 19.8. The maximum absolute atomic E-state index is 12.5. The molecule has 3 aromatic rings. The Bertz CT molecular complexity index is 1030. The van der Waals surface area contributed by atoms with Crippen molar-refractivity contribution in [1.82, 2.24) is 4.98 Å². The Kier molecular flexibility index (Phi) is 5.19. The summed E-state index contributed by atoms with van der Waals surface area (Å²) in [5.41, 5.74) is 3.75. The number of anilines is 1. The van der Waals surface area contributed by atoms with Gasteiger partial charge in [-0.2, -0.15) is 0 Å². The Balaban J connectivity index is 2.02. The summed E-state index contributed by atoms with van der Waals surface area (Å²) in [6.45, 7) is 3.96. The van der Waals surface area contributed by atoms with Crippen LogP contribution in [0.2, 0.25) is 0 Å². The van der Waals surface area contributed by atoms with Crippen LogP contribution in [0.1, 0.15) is 18.1 Å². The number of allylic oxidation sites excluding steroid dienone is 1. The summed E-state index contributed by atoms with van der Waals surface area (Å²) < 4.78 is 27.6. The highest BCUT2D eigenvalue weighted by molar-refractivity contribution is 7.92. The number of rotatable bonds is 5. The zero-order valence-electron chi connectivity index (χ0n) is 14.7. The van der Waals surface area contributed by atoms with Crippen molar-refractivity contribution in [3.8, 4) is 11.3 Å². The molecule has 5 heteroatoms. The zero-order chi connectivity index (χ0) is 18.6. The Morgan fingerprint density at radius 3 is 2.27 bits per heavy atom. The number of aromatic nitrogens is 1. The van der Waals surface area contributed by atoms with E-state index in [4.69, 9.17) is 0 Å². The maximum Gasteiger partial charge on any atom is 0.263 e. The standard InChI is InChI=1S/C21H20N2O2S/c1-3-7-17-14-15-20(22-21(17)18-12-10-16(2)11-13-18)23-26(24,25)19-8-5-4-6-9-19/h3-15H,1-2H3,(H,22,23)/b7-3+. The van der Waals surface area contributed by atoms with Crippen molar-refractivity contribution in [2.75, 3.05) is 4.72 Å². The first-order valence-electron chi connectivity index (χ1n) is 8.28. The minimum Gasteiger partial charge on any atom is -0.263 e. The van der Waals surface area contributed by atoms with Gasteiger partial charge in [-0.3, -0.25) is 4.72 Å². The summed E-state index contributed by atoms with van der Waals surface area (Å²) in [6.07, 6.45) is 3.89. The predicted octanol–water partition coefficient (Wildman–Crippen LogP) is 4.89. The fraction of sp³-hybridized carbons (Fsp3) is 0.0952. The molecule has 0 saturated carbocycles. The molecule has 0 saturated heterocycles. The van der Waals surface area contributed by atoms with Crippen LogP contribution in [-0.2, 0) is 10.0 Å². The van der Waals surface area contributed by atoms with E-state index in [1.54, 1.807) is 36.4 Å².